The molecule has 0 saturated heterocycles. The van der Waals surface area contributed by atoms with E-state index in [-0.39, 0.29) is 5.41 Å². The van der Waals surface area contributed by atoms with Crippen LogP contribution in [0.4, 0.5) is 11.4 Å². The van der Waals surface area contributed by atoms with Crippen molar-refractivity contribution in [2.24, 2.45) is 17.8 Å². The highest BCUT2D eigenvalue weighted by molar-refractivity contribution is 5.45. The molecular formula is C41H50N2. The van der Waals surface area contributed by atoms with Crippen LogP contribution in [-0.4, -0.2) is 0 Å². The zero-order valence-electron chi connectivity index (χ0n) is 26.1. The topological polar surface area (TPSA) is 52.0 Å². The Kier molecular flexibility index (Phi) is 9.22. The van der Waals surface area contributed by atoms with Crippen molar-refractivity contribution in [1.29, 1.82) is 0 Å². The lowest BCUT2D eigenvalue weighted by Gasteiger charge is -2.42. The van der Waals surface area contributed by atoms with Crippen LogP contribution in [0.2, 0.25) is 0 Å². The molecule has 2 nitrogen and oxygen atoms in total. The Bertz CT molecular complexity index is 1330. The van der Waals surface area contributed by atoms with Gasteiger partial charge in [-0.2, -0.15) is 0 Å². The first-order valence-electron chi connectivity index (χ1n) is 16.8. The van der Waals surface area contributed by atoms with E-state index >= 15 is 0 Å². The molecule has 0 amide bonds. The van der Waals surface area contributed by atoms with Crippen molar-refractivity contribution < 1.29 is 0 Å². The molecule has 0 spiro atoms. The van der Waals surface area contributed by atoms with Crippen LogP contribution in [-0.2, 0) is 18.3 Å². The van der Waals surface area contributed by atoms with Crippen LogP contribution in [0, 0.1) is 17.8 Å². The average Bonchev–Trinajstić information content (AvgIpc) is 3.04. The van der Waals surface area contributed by atoms with Crippen LogP contribution >= 0.6 is 0 Å². The molecule has 0 unspecified atom stereocenters. The van der Waals surface area contributed by atoms with Gasteiger partial charge in [0.05, 0.1) is 0 Å². The van der Waals surface area contributed by atoms with Crippen molar-refractivity contribution in [3.05, 3.63) is 130 Å². The second-order valence-electron chi connectivity index (χ2n) is 14.0. The molecule has 2 saturated carbocycles. The maximum Gasteiger partial charge on any atom is 0.0314 e. The van der Waals surface area contributed by atoms with Gasteiger partial charge in [0.2, 0.25) is 0 Å². The molecule has 4 N–H and O–H groups in total. The summed E-state index contributed by atoms with van der Waals surface area (Å²) in [5.41, 5.74) is 21.9. The molecule has 224 valence electrons. The maximum absolute atomic E-state index is 5.91. The van der Waals surface area contributed by atoms with Gasteiger partial charge in [0.25, 0.3) is 0 Å². The van der Waals surface area contributed by atoms with Crippen LogP contribution in [0.1, 0.15) is 105 Å². The lowest BCUT2D eigenvalue weighted by atomic mass is 9.62. The van der Waals surface area contributed by atoms with Gasteiger partial charge in [-0.15, -0.1) is 0 Å². The number of rotatable bonds is 9. The summed E-state index contributed by atoms with van der Waals surface area (Å²) in [5.74, 6) is 2.80. The quantitative estimate of drug-likeness (QED) is 0.197. The molecule has 2 heteroatoms. The minimum absolute atomic E-state index is 0.0935. The summed E-state index contributed by atoms with van der Waals surface area (Å²) in [5, 5.41) is 0. The molecule has 2 fully saturated rings. The lowest BCUT2D eigenvalue weighted by molar-refractivity contribution is 0.218. The van der Waals surface area contributed by atoms with Crippen molar-refractivity contribution in [3.8, 4) is 0 Å². The Hall–Kier alpha value is -3.52. The summed E-state index contributed by atoms with van der Waals surface area (Å²) in [7, 11) is 0. The van der Waals surface area contributed by atoms with Crippen molar-refractivity contribution in [1.82, 2.24) is 0 Å². The van der Waals surface area contributed by atoms with Gasteiger partial charge in [-0.3, -0.25) is 0 Å². The zero-order valence-corrected chi connectivity index (χ0v) is 26.1. The second-order valence-corrected chi connectivity index (χ2v) is 14.0. The molecule has 0 bridgehead atoms. The van der Waals surface area contributed by atoms with E-state index < -0.39 is 0 Å². The van der Waals surface area contributed by atoms with Gasteiger partial charge in [0.15, 0.2) is 0 Å². The predicted molar refractivity (Wildman–Crippen MR) is 183 cm³/mol. The van der Waals surface area contributed by atoms with Crippen LogP contribution < -0.4 is 11.5 Å². The molecule has 0 aromatic heterocycles. The fourth-order valence-electron chi connectivity index (χ4n) is 7.92. The van der Waals surface area contributed by atoms with Crippen LogP contribution in [0.5, 0.6) is 0 Å². The first-order valence-corrected chi connectivity index (χ1v) is 16.8. The van der Waals surface area contributed by atoms with Gasteiger partial charge in [0, 0.05) is 16.8 Å². The minimum atomic E-state index is 0.0935. The van der Waals surface area contributed by atoms with Gasteiger partial charge in [-0.25, -0.2) is 0 Å². The summed E-state index contributed by atoms with van der Waals surface area (Å²) in [6.07, 6.45) is 15.7. The van der Waals surface area contributed by atoms with Crippen molar-refractivity contribution in [2.45, 2.75) is 89.4 Å². The minimum Gasteiger partial charge on any atom is -0.399 e. The molecule has 2 aliphatic rings. The largest absolute Gasteiger partial charge is 0.399 e. The Morgan fingerprint density at radius 2 is 0.837 bits per heavy atom. The third-order valence-electron chi connectivity index (χ3n) is 10.9. The van der Waals surface area contributed by atoms with Crippen LogP contribution in [0.3, 0.4) is 0 Å². The summed E-state index contributed by atoms with van der Waals surface area (Å²) in [6.45, 7) is 2.44. The lowest BCUT2D eigenvalue weighted by Crippen LogP contribution is -2.33. The zero-order chi connectivity index (χ0) is 29.6. The van der Waals surface area contributed by atoms with E-state index in [4.69, 9.17) is 11.5 Å². The molecule has 0 heterocycles. The van der Waals surface area contributed by atoms with Crippen LogP contribution in [0.15, 0.2) is 97.1 Å². The Morgan fingerprint density at radius 1 is 0.488 bits per heavy atom. The van der Waals surface area contributed by atoms with Gasteiger partial charge >= 0.3 is 0 Å². The summed E-state index contributed by atoms with van der Waals surface area (Å²) < 4.78 is 0. The normalized spacial score (nSPS) is 20.6. The SMILES string of the molecule is C[C@H]1CC[C@H](CCC2CCC(c3ccc(Cc4ccc(N)cc4)cc3)(c3ccc(Cc4ccc(N)cc4)cc3)CC2)CC1. The number of hydrogen-bond donors (Lipinski definition) is 2. The van der Waals surface area contributed by atoms with Gasteiger partial charge in [-0.05, 0) is 114 Å². The number of anilines is 2. The second kappa shape index (κ2) is 13.4. The third-order valence-corrected chi connectivity index (χ3v) is 10.9. The van der Waals surface area contributed by atoms with Gasteiger partial charge in [0.1, 0.15) is 0 Å². The number of nitrogen functional groups attached to an aromatic ring is 2. The number of benzene rings is 4. The highest BCUT2D eigenvalue weighted by Crippen LogP contribution is 2.48. The van der Waals surface area contributed by atoms with Crippen molar-refractivity contribution in [2.75, 3.05) is 11.5 Å². The Morgan fingerprint density at radius 3 is 1.23 bits per heavy atom. The molecule has 2 aliphatic carbocycles. The summed E-state index contributed by atoms with van der Waals surface area (Å²) in [4.78, 5) is 0. The predicted octanol–water partition coefficient (Wildman–Crippen LogP) is 10.1. The van der Waals surface area contributed by atoms with E-state index in [9.17, 15) is 0 Å². The summed E-state index contributed by atoms with van der Waals surface area (Å²) >= 11 is 0. The average molecular weight is 571 g/mol. The Labute approximate surface area is 259 Å². The molecule has 4 aromatic rings. The van der Waals surface area contributed by atoms with E-state index in [1.807, 2.05) is 24.3 Å². The highest BCUT2D eigenvalue weighted by atomic mass is 14.5. The number of hydrogen-bond acceptors (Lipinski definition) is 2. The molecule has 0 atom stereocenters. The monoisotopic (exact) mass is 570 g/mol. The standard InChI is InChI=1S/C41H50N2/c1-30-2-4-31(5-3-30)6-7-32-24-26-41(27-25-32,37-16-8-33(9-17-37)28-35-12-20-39(42)21-13-35)38-18-10-34(11-19-38)29-36-14-22-40(43)23-15-36/h8-23,30-32H,2-7,24-29,42-43H2,1H3/t30-,31-. The van der Waals surface area contributed by atoms with Crippen molar-refractivity contribution in [3.63, 3.8) is 0 Å². The van der Waals surface area contributed by atoms with Crippen molar-refractivity contribution >= 4 is 11.4 Å². The van der Waals surface area contributed by atoms with E-state index in [1.165, 1.54) is 97.6 Å². The van der Waals surface area contributed by atoms with E-state index in [1.54, 1.807) is 0 Å². The fourth-order valence-corrected chi connectivity index (χ4v) is 7.92. The highest BCUT2D eigenvalue weighted by Gasteiger charge is 2.38. The number of nitrogens with two attached hydrogens (primary N) is 2. The Balaban J connectivity index is 1.19. The summed E-state index contributed by atoms with van der Waals surface area (Å²) in [6, 6.07) is 35.7. The van der Waals surface area contributed by atoms with E-state index in [0.717, 1.165) is 42.0 Å². The first-order chi connectivity index (χ1) is 20.9. The van der Waals surface area contributed by atoms with Gasteiger partial charge in [-0.1, -0.05) is 118 Å². The molecule has 43 heavy (non-hydrogen) atoms. The smallest absolute Gasteiger partial charge is 0.0314 e. The maximum atomic E-state index is 5.91. The molecular weight excluding hydrogens is 520 g/mol. The molecule has 0 radical (unpaired) electrons. The first kappa shape index (κ1) is 29.5. The van der Waals surface area contributed by atoms with Crippen LogP contribution in [0.25, 0.3) is 0 Å². The van der Waals surface area contributed by atoms with Gasteiger partial charge < -0.3 is 11.5 Å². The third kappa shape index (κ3) is 7.35. The van der Waals surface area contributed by atoms with E-state index in [2.05, 4.69) is 79.7 Å². The van der Waals surface area contributed by atoms with E-state index in [0.29, 0.717) is 0 Å². The molecule has 0 aliphatic heterocycles. The molecule has 4 aromatic carbocycles. The fraction of sp³-hybridized carbons (Fsp3) is 0.415. The molecule has 6 rings (SSSR count).